The fourth-order valence-corrected chi connectivity index (χ4v) is 2.58. The van der Waals surface area contributed by atoms with Gasteiger partial charge in [0.1, 0.15) is 17.3 Å². The lowest BCUT2D eigenvalue weighted by molar-refractivity contribution is 0.0943. The van der Waals surface area contributed by atoms with E-state index in [1.54, 1.807) is 13.2 Å². The van der Waals surface area contributed by atoms with Gasteiger partial charge < -0.3 is 15.0 Å². The Morgan fingerprint density at radius 3 is 2.82 bits per heavy atom. The normalized spacial score (nSPS) is 15.9. The fourth-order valence-electron chi connectivity index (χ4n) is 2.58. The highest BCUT2D eigenvalue weighted by molar-refractivity contribution is 5.92. The Bertz CT molecular complexity index is 499. The van der Waals surface area contributed by atoms with Crippen molar-refractivity contribution in [2.24, 2.45) is 5.92 Å². The number of anilines is 1. The van der Waals surface area contributed by atoms with Crippen LogP contribution >= 0.6 is 0 Å². The molecule has 0 saturated carbocycles. The number of methoxy groups -OCH3 is 1. The van der Waals surface area contributed by atoms with Crippen LogP contribution in [0, 0.1) is 12.8 Å². The minimum atomic E-state index is -0.145. The molecule has 6 nitrogen and oxygen atoms in total. The summed E-state index contributed by atoms with van der Waals surface area (Å²) in [5.41, 5.74) is 0.443. The average molecular weight is 306 g/mol. The third-order valence-corrected chi connectivity index (χ3v) is 3.98. The Labute approximate surface area is 132 Å². The molecule has 1 aromatic heterocycles. The van der Waals surface area contributed by atoms with Gasteiger partial charge in [-0.1, -0.05) is 6.92 Å². The third-order valence-electron chi connectivity index (χ3n) is 3.98. The monoisotopic (exact) mass is 306 g/mol. The van der Waals surface area contributed by atoms with E-state index in [1.165, 1.54) is 12.8 Å². The number of rotatable bonds is 6. The van der Waals surface area contributed by atoms with Crippen molar-refractivity contribution in [3.8, 4) is 0 Å². The highest BCUT2D eigenvalue weighted by Gasteiger charge is 2.19. The number of aromatic nitrogens is 2. The molecule has 122 valence electrons. The van der Waals surface area contributed by atoms with Crippen molar-refractivity contribution < 1.29 is 9.53 Å². The molecule has 2 heterocycles. The van der Waals surface area contributed by atoms with E-state index in [2.05, 4.69) is 27.1 Å². The zero-order valence-electron chi connectivity index (χ0n) is 13.8. The van der Waals surface area contributed by atoms with Crippen molar-refractivity contribution >= 4 is 11.7 Å². The summed E-state index contributed by atoms with van der Waals surface area (Å²) in [6.07, 6.45) is 3.13. The number of amides is 1. The first-order valence-corrected chi connectivity index (χ1v) is 7.98. The maximum absolute atomic E-state index is 12.2. The molecule has 1 N–H and O–H groups in total. The van der Waals surface area contributed by atoms with Crippen LogP contribution < -0.4 is 10.2 Å². The van der Waals surface area contributed by atoms with Gasteiger partial charge in [0.05, 0.1) is 0 Å². The van der Waals surface area contributed by atoms with Crippen LogP contribution in [0.25, 0.3) is 0 Å². The van der Waals surface area contributed by atoms with Crippen molar-refractivity contribution in [1.29, 1.82) is 0 Å². The van der Waals surface area contributed by atoms with Crippen LogP contribution in [0.1, 0.15) is 42.5 Å². The molecule has 0 unspecified atom stereocenters. The van der Waals surface area contributed by atoms with Crippen molar-refractivity contribution in [2.75, 3.05) is 38.3 Å². The molecule has 1 aliphatic heterocycles. The second-order valence-corrected chi connectivity index (χ2v) is 5.93. The predicted molar refractivity (Wildman–Crippen MR) is 86.2 cm³/mol. The predicted octanol–water partition coefficient (Wildman–Crippen LogP) is 1.79. The molecule has 0 bridgehead atoms. The van der Waals surface area contributed by atoms with Gasteiger partial charge in [0.25, 0.3) is 5.91 Å². The number of piperidine rings is 1. The number of hydrogen-bond acceptors (Lipinski definition) is 5. The van der Waals surface area contributed by atoms with Crippen LogP contribution in [0.15, 0.2) is 6.07 Å². The van der Waals surface area contributed by atoms with E-state index in [4.69, 9.17) is 4.74 Å². The van der Waals surface area contributed by atoms with Gasteiger partial charge >= 0.3 is 0 Å². The maximum Gasteiger partial charge on any atom is 0.270 e. The van der Waals surface area contributed by atoms with Gasteiger partial charge in [-0.25, -0.2) is 9.97 Å². The van der Waals surface area contributed by atoms with E-state index in [-0.39, 0.29) is 5.91 Å². The van der Waals surface area contributed by atoms with E-state index in [0.29, 0.717) is 24.7 Å². The molecule has 2 rings (SSSR count). The standard InChI is InChI=1S/C16H26N4O2/c1-12-5-8-20(9-6-12)15-11-14(18-13(2)19-15)16(21)17-7-4-10-22-3/h11-12H,4-10H2,1-3H3,(H,17,21). The van der Waals surface area contributed by atoms with E-state index in [1.807, 2.05) is 6.92 Å². The lowest BCUT2D eigenvalue weighted by atomic mass is 9.99. The van der Waals surface area contributed by atoms with Crippen molar-refractivity contribution in [3.63, 3.8) is 0 Å². The number of carbonyl (C=O) groups is 1. The Morgan fingerprint density at radius 2 is 2.14 bits per heavy atom. The summed E-state index contributed by atoms with van der Waals surface area (Å²) in [4.78, 5) is 23.2. The fraction of sp³-hybridized carbons (Fsp3) is 0.688. The second kappa shape index (κ2) is 8.08. The van der Waals surface area contributed by atoms with Crippen molar-refractivity contribution in [2.45, 2.75) is 33.1 Å². The molecule has 0 spiro atoms. The first-order chi connectivity index (χ1) is 10.6. The van der Waals surface area contributed by atoms with Gasteiger partial charge in [0.2, 0.25) is 0 Å². The van der Waals surface area contributed by atoms with Gasteiger partial charge in [-0.15, -0.1) is 0 Å². The number of nitrogens with zero attached hydrogens (tertiary/aromatic N) is 3. The lowest BCUT2D eigenvalue weighted by Crippen LogP contribution is -2.34. The summed E-state index contributed by atoms with van der Waals surface area (Å²) >= 11 is 0. The van der Waals surface area contributed by atoms with E-state index >= 15 is 0 Å². The molecular weight excluding hydrogens is 280 g/mol. The summed E-state index contributed by atoms with van der Waals surface area (Å²) in [5, 5.41) is 2.87. The topological polar surface area (TPSA) is 67.3 Å². The SMILES string of the molecule is COCCCNC(=O)c1cc(N2CCC(C)CC2)nc(C)n1. The number of hydrogen-bond donors (Lipinski definition) is 1. The Balaban J connectivity index is 2.01. The lowest BCUT2D eigenvalue weighted by Gasteiger charge is -2.31. The zero-order valence-corrected chi connectivity index (χ0v) is 13.8. The molecular formula is C16H26N4O2. The molecule has 0 aromatic carbocycles. The van der Waals surface area contributed by atoms with Gasteiger partial charge in [-0.2, -0.15) is 0 Å². The van der Waals surface area contributed by atoms with Gasteiger partial charge in [0.15, 0.2) is 0 Å². The summed E-state index contributed by atoms with van der Waals surface area (Å²) in [6, 6.07) is 1.80. The van der Waals surface area contributed by atoms with Crippen molar-refractivity contribution in [1.82, 2.24) is 15.3 Å². The first kappa shape index (κ1) is 16.7. The van der Waals surface area contributed by atoms with Crippen LogP contribution in [-0.4, -0.2) is 49.2 Å². The highest BCUT2D eigenvalue weighted by atomic mass is 16.5. The Hall–Kier alpha value is -1.69. The molecule has 0 atom stereocenters. The molecule has 1 aromatic rings. The molecule has 1 aliphatic rings. The van der Waals surface area contributed by atoms with Gasteiger partial charge in [-0.3, -0.25) is 4.79 Å². The first-order valence-electron chi connectivity index (χ1n) is 7.98. The number of aryl methyl sites for hydroxylation is 1. The molecule has 0 aliphatic carbocycles. The molecule has 1 saturated heterocycles. The van der Waals surface area contributed by atoms with Gasteiger partial charge in [0, 0.05) is 39.4 Å². The average Bonchev–Trinajstić information content (AvgIpc) is 2.51. The second-order valence-electron chi connectivity index (χ2n) is 5.93. The smallest absolute Gasteiger partial charge is 0.270 e. The quantitative estimate of drug-likeness (QED) is 0.812. The molecule has 1 fully saturated rings. The largest absolute Gasteiger partial charge is 0.385 e. The molecule has 0 radical (unpaired) electrons. The highest BCUT2D eigenvalue weighted by Crippen LogP contribution is 2.21. The number of ether oxygens (including phenoxy) is 1. The Morgan fingerprint density at radius 1 is 1.41 bits per heavy atom. The summed E-state index contributed by atoms with van der Waals surface area (Å²) in [7, 11) is 1.65. The van der Waals surface area contributed by atoms with Gasteiger partial charge in [-0.05, 0) is 32.1 Å². The zero-order chi connectivity index (χ0) is 15.9. The van der Waals surface area contributed by atoms with Crippen LogP contribution in [-0.2, 0) is 4.74 Å². The van der Waals surface area contributed by atoms with Crippen LogP contribution in [0.4, 0.5) is 5.82 Å². The van der Waals surface area contributed by atoms with Crippen LogP contribution in [0.5, 0.6) is 0 Å². The number of nitrogens with one attached hydrogen (secondary N) is 1. The minimum absolute atomic E-state index is 0.145. The number of carbonyl (C=O) groups excluding carboxylic acids is 1. The third kappa shape index (κ3) is 4.66. The Kier molecular flexibility index (Phi) is 6.12. The summed E-state index contributed by atoms with van der Waals surface area (Å²) < 4.78 is 4.97. The molecule has 22 heavy (non-hydrogen) atoms. The molecule has 6 heteroatoms. The van der Waals surface area contributed by atoms with E-state index in [0.717, 1.165) is 31.2 Å². The van der Waals surface area contributed by atoms with Crippen molar-refractivity contribution in [3.05, 3.63) is 17.6 Å². The summed E-state index contributed by atoms with van der Waals surface area (Å²) in [6.45, 7) is 7.32. The maximum atomic E-state index is 12.2. The van der Waals surface area contributed by atoms with E-state index in [9.17, 15) is 4.79 Å². The minimum Gasteiger partial charge on any atom is -0.385 e. The van der Waals surface area contributed by atoms with E-state index < -0.39 is 0 Å². The molecule has 1 amide bonds. The summed E-state index contributed by atoms with van der Waals surface area (Å²) in [5.74, 6) is 2.12. The van der Waals surface area contributed by atoms with Crippen LogP contribution in [0.2, 0.25) is 0 Å². The van der Waals surface area contributed by atoms with Crippen LogP contribution in [0.3, 0.4) is 0 Å².